The molecule has 25 heavy (non-hydrogen) atoms. The number of carbonyl (C=O) groups excluding carboxylic acids is 3. The van der Waals surface area contributed by atoms with Crippen LogP contribution in [0.25, 0.3) is 10.8 Å². The van der Waals surface area contributed by atoms with Crippen molar-refractivity contribution in [2.45, 2.75) is 25.7 Å². The van der Waals surface area contributed by atoms with Gasteiger partial charge in [0.25, 0.3) is 0 Å². The number of fused-ring (bicyclic) bond motifs is 1. The predicted octanol–water partition coefficient (Wildman–Crippen LogP) is 2.53. The molecule has 2 aromatic carbocycles. The topological polar surface area (TPSA) is 80.5 Å². The van der Waals surface area contributed by atoms with Crippen molar-refractivity contribution in [1.82, 2.24) is 4.90 Å². The molecule has 0 saturated carbocycles. The number of ketones is 1. The van der Waals surface area contributed by atoms with Crippen LogP contribution in [0.1, 0.15) is 36.0 Å². The number of Topliss-reactive ketones (excluding diaryl/α,β-unsaturated/α-hetero) is 1. The first kappa shape index (κ1) is 17.1. The van der Waals surface area contributed by atoms with Crippen LogP contribution in [0, 0.1) is 5.92 Å². The zero-order valence-corrected chi connectivity index (χ0v) is 14.1. The Balaban J connectivity index is 1.54. The first-order valence-corrected chi connectivity index (χ1v) is 8.63. The second-order valence-electron chi connectivity index (χ2n) is 6.54. The summed E-state index contributed by atoms with van der Waals surface area (Å²) in [5.74, 6) is -0.481. The summed E-state index contributed by atoms with van der Waals surface area (Å²) in [4.78, 5) is 37.6. The van der Waals surface area contributed by atoms with Crippen LogP contribution in [0.5, 0.6) is 0 Å². The molecule has 1 heterocycles. The molecule has 5 heteroatoms. The van der Waals surface area contributed by atoms with E-state index >= 15 is 0 Å². The Morgan fingerprint density at radius 2 is 1.64 bits per heavy atom. The molecule has 0 aromatic heterocycles. The molecular weight excluding hydrogens is 316 g/mol. The monoisotopic (exact) mass is 338 g/mol. The molecule has 2 N–H and O–H groups in total. The number of benzene rings is 2. The van der Waals surface area contributed by atoms with Gasteiger partial charge in [0.2, 0.25) is 11.8 Å². The van der Waals surface area contributed by atoms with Crippen LogP contribution in [-0.4, -0.2) is 35.6 Å². The highest BCUT2D eigenvalue weighted by Gasteiger charge is 2.25. The zero-order chi connectivity index (χ0) is 17.8. The molecule has 2 amide bonds. The predicted molar refractivity (Wildman–Crippen MR) is 96.0 cm³/mol. The van der Waals surface area contributed by atoms with Crippen LogP contribution >= 0.6 is 0 Å². The van der Waals surface area contributed by atoms with E-state index in [1.165, 1.54) is 0 Å². The summed E-state index contributed by atoms with van der Waals surface area (Å²) in [6.45, 7) is 1.08. The number of piperidine rings is 1. The van der Waals surface area contributed by atoms with Gasteiger partial charge in [-0.3, -0.25) is 14.4 Å². The normalized spacial score (nSPS) is 15.3. The van der Waals surface area contributed by atoms with Gasteiger partial charge in [-0.25, -0.2) is 0 Å². The molecule has 3 rings (SSSR count). The molecule has 1 aliphatic heterocycles. The van der Waals surface area contributed by atoms with Gasteiger partial charge in [-0.05, 0) is 29.7 Å². The highest BCUT2D eigenvalue weighted by atomic mass is 16.2. The van der Waals surface area contributed by atoms with E-state index in [-0.39, 0.29) is 36.4 Å². The lowest BCUT2D eigenvalue weighted by Gasteiger charge is -2.30. The number of amides is 2. The molecule has 0 aliphatic carbocycles. The Labute approximate surface area is 146 Å². The minimum Gasteiger partial charge on any atom is -0.369 e. The fraction of sp³-hybridized carbons (Fsp3) is 0.350. The van der Waals surface area contributed by atoms with Crippen molar-refractivity contribution in [1.29, 1.82) is 0 Å². The summed E-state index contributed by atoms with van der Waals surface area (Å²) in [6.07, 6.45) is 1.62. The second-order valence-corrected chi connectivity index (χ2v) is 6.54. The van der Waals surface area contributed by atoms with E-state index in [1.54, 1.807) is 4.90 Å². The Hall–Kier alpha value is -2.69. The van der Waals surface area contributed by atoms with E-state index in [4.69, 9.17) is 5.73 Å². The molecule has 0 unspecified atom stereocenters. The molecule has 2 aromatic rings. The quantitative estimate of drug-likeness (QED) is 0.851. The van der Waals surface area contributed by atoms with Crippen LogP contribution in [0.3, 0.4) is 0 Å². The van der Waals surface area contributed by atoms with Gasteiger partial charge < -0.3 is 10.6 Å². The third-order valence-electron chi connectivity index (χ3n) is 4.89. The summed E-state index contributed by atoms with van der Waals surface area (Å²) in [7, 11) is 0. The number of hydrogen-bond donors (Lipinski definition) is 1. The summed E-state index contributed by atoms with van der Waals surface area (Å²) >= 11 is 0. The van der Waals surface area contributed by atoms with Crippen molar-refractivity contribution >= 4 is 28.4 Å². The van der Waals surface area contributed by atoms with Gasteiger partial charge in [0.1, 0.15) is 0 Å². The van der Waals surface area contributed by atoms with E-state index in [9.17, 15) is 14.4 Å². The number of nitrogens with zero attached hydrogens (tertiary/aromatic N) is 1. The highest BCUT2D eigenvalue weighted by Crippen LogP contribution is 2.19. The van der Waals surface area contributed by atoms with Gasteiger partial charge in [-0.1, -0.05) is 36.4 Å². The van der Waals surface area contributed by atoms with E-state index in [0.29, 0.717) is 31.5 Å². The number of likely N-dealkylation sites (tertiary alicyclic amines) is 1. The number of carbonyl (C=O) groups is 3. The first-order valence-electron chi connectivity index (χ1n) is 8.63. The Kier molecular flexibility index (Phi) is 5.12. The van der Waals surface area contributed by atoms with Crippen molar-refractivity contribution in [3.63, 3.8) is 0 Å². The van der Waals surface area contributed by atoms with E-state index < -0.39 is 0 Å². The zero-order valence-electron chi connectivity index (χ0n) is 14.1. The minimum absolute atomic E-state index is 0.0221. The first-order chi connectivity index (χ1) is 12.0. The fourth-order valence-corrected chi connectivity index (χ4v) is 3.30. The van der Waals surface area contributed by atoms with Crippen molar-refractivity contribution in [2.24, 2.45) is 11.7 Å². The molecule has 1 fully saturated rings. The Morgan fingerprint density at radius 1 is 0.960 bits per heavy atom. The molecule has 130 valence electrons. The smallest absolute Gasteiger partial charge is 0.223 e. The van der Waals surface area contributed by atoms with Gasteiger partial charge >= 0.3 is 0 Å². The van der Waals surface area contributed by atoms with Crippen molar-refractivity contribution in [3.05, 3.63) is 48.0 Å². The van der Waals surface area contributed by atoms with Gasteiger partial charge in [0.05, 0.1) is 0 Å². The third-order valence-corrected chi connectivity index (χ3v) is 4.89. The van der Waals surface area contributed by atoms with Crippen molar-refractivity contribution in [3.8, 4) is 0 Å². The van der Waals surface area contributed by atoms with Crippen molar-refractivity contribution in [2.75, 3.05) is 13.1 Å². The van der Waals surface area contributed by atoms with Crippen LogP contribution in [-0.2, 0) is 9.59 Å². The maximum Gasteiger partial charge on any atom is 0.223 e. The lowest BCUT2D eigenvalue weighted by Crippen LogP contribution is -2.41. The molecule has 0 atom stereocenters. The fourth-order valence-electron chi connectivity index (χ4n) is 3.30. The Bertz CT molecular complexity index is 807. The highest BCUT2D eigenvalue weighted by molar-refractivity contribution is 6.01. The maximum atomic E-state index is 12.4. The number of nitrogens with two attached hydrogens (primary N) is 1. The van der Waals surface area contributed by atoms with Gasteiger partial charge in [0, 0.05) is 37.4 Å². The lowest BCUT2D eigenvalue weighted by atomic mass is 9.96. The van der Waals surface area contributed by atoms with E-state index in [2.05, 4.69) is 0 Å². The number of hydrogen-bond acceptors (Lipinski definition) is 3. The van der Waals surface area contributed by atoms with E-state index in [0.717, 1.165) is 10.8 Å². The molecule has 1 saturated heterocycles. The SMILES string of the molecule is NC(=O)C1CCN(C(=O)CCC(=O)c2ccc3ccccc3c2)CC1. The maximum absolute atomic E-state index is 12.4. The average Bonchev–Trinajstić information content (AvgIpc) is 2.65. The third kappa shape index (κ3) is 4.05. The summed E-state index contributed by atoms with van der Waals surface area (Å²) < 4.78 is 0. The van der Waals surface area contributed by atoms with Crippen LogP contribution in [0.2, 0.25) is 0 Å². The standard InChI is InChI=1S/C20H22N2O3/c21-20(25)15-9-11-22(12-10-15)19(24)8-7-18(23)17-6-5-14-3-1-2-4-16(14)13-17/h1-6,13,15H,7-12H2,(H2,21,25). The molecule has 0 radical (unpaired) electrons. The van der Waals surface area contributed by atoms with E-state index in [1.807, 2.05) is 42.5 Å². The molecule has 0 spiro atoms. The lowest BCUT2D eigenvalue weighted by molar-refractivity contribution is -0.134. The van der Waals surface area contributed by atoms with Gasteiger partial charge in [-0.15, -0.1) is 0 Å². The molecule has 5 nitrogen and oxygen atoms in total. The molecule has 0 bridgehead atoms. The number of rotatable bonds is 5. The van der Waals surface area contributed by atoms with Crippen molar-refractivity contribution < 1.29 is 14.4 Å². The molecule has 1 aliphatic rings. The Morgan fingerprint density at radius 3 is 2.32 bits per heavy atom. The van der Waals surface area contributed by atoms with Crippen LogP contribution in [0.4, 0.5) is 0 Å². The average molecular weight is 338 g/mol. The molecular formula is C20H22N2O3. The number of primary amides is 1. The van der Waals surface area contributed by atoms with Gasteiger partial charge in [-0.2, -0.15) is 0 Å². The van der Waals surface area contributed by atoms with Gasteiger partial charge in [0.15, 0.2) is 5.78 Å². The summed E-state index contributed by atoms with van der Waals surface area (Å²) in [5, 5.41) is 2.11. The second kappa shape index (κ2) is 7.47. The van der Waals surface area contributed by atoms with Crippen LogP contribution < -0.4 is 5.73 Å². The summed E-state index contributed by atoms with van der Waals surface area (Å²) in [6, 6.07) is 13.5. The minimum atomic E-state index is -0.293. The van der Waals surface area contributed by atoms with Crippen LogP contribution in [0.15, 0.2) is 42.5 Å². The largest absolute Gasteiger partial charge is 0.369 e. The summed E-state index contributed by atoms with van der Waals surface area (Å²) in [5.41, 5.74) is 5.94.